The summed E-state index contributed by atoms with van der Waals surface area (Å²) in [5.41, 5.74) is 0. The van der Waals surface area contributed by atoms with Crippen LogP contribution in [-0.4, -0.2) is 36.0 Å². The van der Waals surface area contributed by atoms with E-state index in [4.69, 9.17) is 0 Å². The first-order valence-corrected chi connectivity index (χ1v) is 5.54. The molecule has 0 aromatic carbocycles. The van der Waals surface area contributed by atoms with Gasteiger partial charge in [-0.05, 0) is 25.9 Å². The molecule has 0 radical (unpaired) electrons. The van der Waals surface area contributed by atoms with Crippen LogP contribution in [0.25, 0.3) is 0 Å². The lowest BCUT2D eigenvalue weighted by molar-refractivity contribution is -0.480. The van der Waals surface area contributed by atoms with Crippen LogP contribution in [0.3, 0.4) is 0 Å². The van der Waals surface area contributed by atoms with Gasteiger partial charge < -0.3 is 0 Å². The van der Waals surface area contributed by atoms with E-state index in [0.29, 0.717) is 6.54 Å². The number of rotatable bonds is 9. The molecule has 0 aromatic heterocycles. The molecule has 0 aliphatic carbocycles. The number of nitro groups is 1. The van der Waals surface area contributed by atoms with Crippen LogP contribution in [0.2, 0.25) is 0 Å². The van der Waals surface area contributed by atoms with Gasteiger partial charge in [-0.25, -0.2) is 0 Å². The predicted octanol–water partition coefficient (Wildman–Crippen LogP) is 2.17. The minimum atomic E-state index is -0.231. The molecule has 84 valence electrons. The molecule has 0 rings (SSSR count). The summed E-state index contributed by atoms with van der Waals surface area (Å²) in [7, 11) is 0. The Morgan fingerprint density at radius 2 is 1.57 bits per heavy atom. The molecule has 0 saturated carbocycles. The Kier molecular flexibility index (Phi) is 8.53. The van der Waals surface area contributed by atoms with Gasteiger partial charge in [-0.3, -0.25) is 15.0 Å². The Hall–Kier alpha value is -0.640. The van der Waals surface area contributed by atoms with Gasteiger partial charge in [-0.2, -0.15) is 0 Å². The molecule has 0 unspecified atom stereocenters. The maximum absolute atomic E-state index is 10.2. The van der Waals surface area contributed by atoms with Gasteiger partial charge in [-0.15, -0.1) is 0 Å². The highest BCUT2D eigenvalue weighted by Gasteiger charge is 2.06. The Morgan fingerprint density at radius 1 is 1.07 bits per heavy atom. The van der Waals surface area contributed by atoms with E-state index in [9.17, 15) is 10.1 Å². The first kappa shape index (κ1) is 13.4. The van der Waals surface area contributed by atoms with E-state index < -0.39 is 0 Å². The van der Waals surface area contributed by atoms with Crippen LogP contribution in [0.5, 0.6) is 0 Å². The highest BCUT2D eigenvalue weighted by molar-refractivity contribution is 4.56. The lowest BCUT2D eigenvalue weighted by Crippen LogP contribution is -2.31. The third kappa shape index (κ3) is 7.98. The summed E-state index contributed by atoms with van der Waals surface area (Å²) in [5, 5.41) is 10.2. The lowest BCUT2D eigenvalue weighted by atomic mass is 10.2. The number of hydrogen-bond acceptors (Lipinski definition) is 3. The molecule has 0 saturated heterocycles. The number of hydrogen-bond donors (Lipinski definition) is 0. The molecule has 0 spiro atoms. The van der Waals surface area contributed by atoms with E-state index in [0.717, 1.165) is 38.8 Å². The van der Waals surface area contributed by atoms with Gasteiger partial charge in [0.25, 0.3) is 0 Å². The Labute approximate surface area is 86.4 Å². The van der Waals surface area contributed by atoms with Crippen LogP contribution in [-0.2, 0) is 0 Å². The van der Waals surface area contributed by atoms with E-state index in [1.807, 2.05) is 0 Å². The van der Waals surface area contributed by atoms with Gasteiger partial charge in [0.1, 0.15) is 0 Å². The standard InChI is InChI=1S/C10H22N2O2/c1-3-5-7-11(8-6-4-2)9-10-12(13)14/h3-10H2,1-2H3. The van der Waals surface area contributed by atoms with Crippen molar-refractivity contribution in [2.45, 2.75) is 39.5 Å². The van der Waals surface area contributed by atoms with Gasteiger partial charge in [0.05, 0.1) is 6.54 Å². The first-order chi connectivity index (χ1) is 6.70. The Balaban J connectivity index is 3.65. The Bertz CT molecular complexity index is 143. The second kappa shape index (κ2) is 8.94. The van der Waals surface area contributed by atoms with Crippen molar-refractivity contribution in [1.82, 2.24) is 4.90 Å². The average molecular weight is 202 g/mol. The normalized spacial score (nSPS) is 10.8. The highest BCUT2D eigenvalue weighted by atomic mass is 16.6. The SMILES string of the molecule is CCCCN(CCCC)CC[N+](=O)[O-]. The fraction of sp³-hybridized carbons (Fsp3) is 1.00. The minimum Gasteiger partial charge on any atom is -0.297 e. The maximum atomic E-state index is 10.2. The highest BCUT2D eigenvalue weighted by Crippen LogP contribution is 1.98. The van der Waals surface area contributed by atoms with Crippen molar-refractivity contribution in [3.8, 4) is 0 Å². The fourth-order valence-electron chi connectivity index (χ4n) is 1.32. The number of unbranched alkanes of at least 4 members (excludes halogenated alkanes) is 2. The van der Waals surface area contributed by atoms with Gasteiger partial charge in [0, 0.05) is 4.92 Å². The second-order valence-corrected chi connectivity index (χ2v) is 3.61. The summed E-state index contributed by atoms with van der Waals surface area (Å²) in [5.74, 6) is 0. The summed E-state index contributed by atoms with van der Waals surface area (Å²) >= 11 is 0. The smallest absolute Gasteiger partial charge is 0.216 e. The third-order valence-corrected chi connectivity index (χ3v) is 2.25. The maximum Gasteiger partial charge on any atom is 0.216 e. The minimum absolute atomic E-state index is 0.0768. The molecule has 14 heavy (non-hydrogen) atoms. The van der Waals surface area contributed by atoms with Crippen molar-refractivity contribution >= 4 is 0 Å². The topological polar surface area (TPSA) is 46.4 Å². The van der Waals surface area contributed by atoms with E-state index in [2.05, 4.69) is 18.7 Å². The fourth-order valence-corrected chi connectivity index (χ4v) is 1.32. The zero-order valence-corrected chi connectivity index (χ0v) is 9.37. The molecular formula is C10H22N2O2. The second-order valence-electron chi connectivity index (χ2n) is 3.61. The van der Waals surface area contributed by atoms with Crippen molar-refractivity contribution in [2.24, 2.45) is 0 Å². The van der Waals surface area contributed by atoms with Crippen LogP contribution in [0.15, 0.2) is 0 Å². The molecule has 0 aromatic rings. The predicted molar refractivity (Wildman–Crippen MR) is 58.1 cm³/mol. The Morgan fingerprint density at radius 3 is 1.93 bits per heavy atom. The van der Waals surface area contributed by atoms with Gasteiger partial charge in [0.15, 0.2) is 0 Å². The van der Waals surface area contributed by atoms with E-state index >= 15 is 0 Å². The van der Waals surface area contributed by atoms with Gasteiger partial charge in [-0.1, -0.05) is 26.7 Å². The zero-order chi connectivity index (χ0) is 10.8. The summed E-state index contributed by atoms with van der Waals surface area (Å²) in [6.07, 6.45) is 4.59. The van der Waals surface area contributed by atoms with Crippen LogP contribution in [0.1, 0.15) is 39.5 Å². The van der Waals surface area contributed by atoms with E-state index in [-0.39, 0.29) is 11.5 Å². The summed E-state index contributed by atoms with van der Waals surface area (Å²) in [4.78, 5) is 12.2. The molecule has 4 nitrogen and oxygen atoms in total. The lowest BCUT2D eigenvalue weighted by Gasteiger charge is -2.19. The van der Waals surface area contributed by atoms with Crippen molar-refractivity contribution in [1.29, 1.82) is 0 Å². The van der Waals surface area contributed by atoms with Crippen molar-refractivity contribution < 1.29 is 4.92 Å². The largest absolute Gasteiger partial charge is 0.297 e. The summed E-state index contributed by atoms with van der Waals surface area (Å²) in [6, 6.07) is 0. The molecular weight excluding hydrogens is 180 g/mol. The molecule has 0 fully saturated rings. The van der Waals surface area contributed by atoms with Crippen LogP contribution < -0.4 is 0 Å². The molecule has 0 N–H and O–H groups in total. The quantitative estimate of drug-likeness (QED) is 0.425. The zero-order valence-electron chi connectivity index (χ0n) is 9.37. The average Bonchev–Trinajstić information content (AvgIpc) is 2.16. The summed E-state index contributed by atoms with van der Waals surface area (Å²) in [6.45, 7) is 6.98. The molecule has 0 heterocycles. The first-order valence-electron chi connectivity index (χ1n) is 5.54. The van der Waals surface area contributed by atoms with Crippen LogP contribution in [0, 0.1) is 10.1 Å². The molecule has 0 atom stereocenters. The molecule has 0 aliphatic rings. The summed E-state index contributed by atoms with van der Waals surface area (Å²) < 4.78 is 0. The molecule has 0 aliphatic heterocycles. The van der Waals surface area contributed by atoms with Gasteiger partial charge in [0.2, 0.25) is 6.54 Å². The van der Waals surface area contributed by atoms with Crippen LogP contribution in [0.4, 0.5) is 0 Å². The van der Waals surface area contributed by atoms with Crippen molar-refractivity contribution in [3.63, 3.8) is 0 Å². The molecule has 0 amide bonds. The molecule has 4 heteroatoms. The van der Waals surface area contributed by atoms with E-state index in [1.165, 1.54) is 0 Å². The molecule has 0 bridgehead atoms. The van der Waals surface area contributed by atoms with E-state index in [1.54, 1.807) is 0 Å². The monoisotopic (exact) mass is 202 g/mol. The third-order valence-electron chi connectivity index (χ3n) is 2.25. The number of nitrogens with zero attached hydrogens (tertiary/aromatic N) is 2. The van der Waals surface area contributed by atoms with Gasteiger partial charge >= 0.3 is 0 Å². The van der Waals surface area contributed by atoms with Crippen molar-refractivity contribution in [2.75, 3.05) is 26.2 Å². The van der Waals surface area contributed by atoms with Crippen LogP contribution >= 0.6 is 0 Å². The van der Waals surface area contributed by atoms with Crippen molar-refractivity contribution in [3.05, 3.63) is 10.1 Å².